The van der Waals surface area contributed by atoms with Crippen LogP contribution in [0.2, 0.25) is 0 Å². The second kappa shape index (κ2) is 5.11. The fourth-order valence-electron chi connectivity index (χ4n) is 0.582. The van der Waals surface area contributed by atoms with Gasteiger partial charge < -0.3 is 4.74 Å². The molecule has 3 nitrogen and oxygen atoms in total. The van der Waals surface area contributed by atoms with E-state index in [1.54, 1.807) is 0 Å². The van der Waals surface area contributed by atoms with E-state index < -0.39 is 0 Å². The maximum Gasteiger partial charge on any atom is 0.142 e. The van der Waals surface area contributed by atoms with Crippen molar-refractivity contribution in [3.05, 3.63) is 0 Å². The van der Waals surface area contributed by atoms with Crippen molar-refractivity contribution in [2.45, 2.75) is 19.8 Å². The summed E-state index contributed by atoms with van der Waals surface area (Å²) in [5.74, 6) is -0.129. The Labute approximate surface area is 60.4 Å². The third kappa shape index (κ3) is 5.44. The Balaban J connectivity index is 3.35. The van der Waals surface area contributed by atoms with Crippen molar-refractivity contribution < 1.29 is 14.3 Å². The average Bonchev–Trinajstić information content (AvgIpc) is 1.82. The SMILES string of the molecule is COCCC(=O)CC(C)=O. The quantitative estimate of drug-likeness (QED) is 0.530. The molecule has 3 heteroatoms. The summed E-state index contributed by atoms with van der Waals surface area (Å²) in [5.41, 5.74) is 0. The number of carbonyl (C=O) groups is 2. The van der Waals surface area contributed by atoms with E-state index in [9.17, 15) is 9.59 Å². The van der Waals surface area contributed by atoms with Gasteiger partial charge in [-0.1, -0.05) is 0 Å². The van der Waals surface area contributed by atoms with Crippen molar-refractivity contribution in [2.24, 2.45) is 0 Å². The molecule has 0 atom stereocenters. The van der Waals surface area contributed by atoms with Gasteiger partial charge in [0.2, 0.25) is 0 Å². The normalized spacial score (nSPS) is 9.40. The molecule has 0 bridgehead atoms. The molecule has 0 N–H and O–H groups in total. The van der Waals surface area contributed by atoms with Gasteiger partial charge in [-0.25, -0.2) is 0 Å². The summed E-state index contributed by atoms with van der Waals surface area (Å²) in [7, 11) is 1.53. The zero-order chi connectivity index (χ0) is 7.98. The molecule has 0 saturated heterocycles. The molecule has 0 fully saturated rings. The number of hydrogen-bond donors (Lipinski definition) is 0. The van der Waals surface area contributed by atoms with Crippen LogP contribution in [0.4, 0.5) is 0 Å². The molecular formula is C7H12O3. The molecule has 0 aromatic carbocycles. The molecule has 0 spiro atoms. The van der Waals surface area contributed by atoms with E-state index in [0.717, 1.165) is 0 Å². The number of ether oxygens (including phenoxy) is 1. The standard InChI is InChI=1S/C7H12O3/c1-6(8)5-7(9)3-4-10-2/h3-5H2,1-2H3. The van der Waals surface area contributed by atoms with Crippen LogP contribution in [-0.4, -0.2) is 25.3 Å². The first-order valence-electron chi connectivity index (χ1n) is 3.17. The summed E-state index contributed by atoms with van der Waals surface area (Å²) < 4.78 is 4.66. The average molecular weight is 144 g/mol. The van der Waals surface area contributed by atoms with Gasteiger partial charge in [0.1, 0.15) is 11.6 Å². The highest BCUT2D eigenvalue weighted by atomic mass is 16.5. The fraction of sp³-hybridized carbons (Fsp3) is 0.714. The van der Waals surface area contributed by atoms with Gasteiger partial charge in [0, 0.05) is 13.5 Å². The largest absolute Gasteiger partial charge is 0.384 e. The third-order valence-electron chi connectivity index (χ3n) is 1.03. The zero-order valence-corrected chi connectivity index (χ0v) is 6.35. The Hall–Kier alpha value is -0.700. The molecule has 0 unspecified atom stereocenters. The first-order valence-corrected chi connectivity index (χ1v) is 3.17. The second-order valence-electron chi connectivity index (χ2n) is 2.16. The highest BCUT2D eigenvalue weighted by Gasteiger charge is 2.03. The summed E-state index contributed by atoms with van der Waals surface area (Å²) in [4.78, 5) is 21.1. The van der Waals surface area contributed by atoms with Crippen LogP contribution in [0.3, 0.4) is 0 Å². The maximum atomic E-state index is 10.7. The smallest absolute Gasteiger partial charge is 0.142 e. The van der Waals surface area contributed by atoms with Gasteiger partial charge in [0.05, 0.1) is 13.0 Å². The molecule has 0 rings (SSSR count). The summed E-state index contributed by atoms with van der Waals surface area (Å²) in [6.07, 6.45) is 0.388. The Bertz CT molecular complexity index is 129. The van der Waals surface area contributed by atoms with Gasteiger partial charge >= 0.3 is 0 Å². The van der Waals surface area contributed by atoms with Crippen LogP contribution in [0.25, 0.3) is 0 Å². The molecular weight excluding hydrogens is 132 g/mol. The fourth-order valence-corrected chi connectivity index (χ4v) is 0.582. The van der Waals surface area contributed by atoms with Crippen LogP contribution < -0.4 is 0 Å². The van der Waals surface area contributed by atoms with Crippen LogP contribution in [0.15, 0.2) is 0 Å². The van der Waals surface area contributed by atoms with Gasteiger partial charge in [-0.2, -0.15) is 0 Å². The highest BCUT2D eigenvalue weighted by Crippen LogP contribution is 1.90. The molecule has 0 aromatic rings. The number of hydrogen-bond acceptors (Lipinski definition) is 3. The van der Waals surface area contributed by atoms with Crippen molar-refractivity contribution in [1.29, 1.82) is 0 Å². The molecule has 0 heterocycles. The van der Waals surface area contributed by atoms with E-state index in [2.05, 4.69) is 4.74 Å². The van der Waals surface area contributed by atoms with Crippen molar-refractivity contribution in [3.8, 4) is 0 Å². The molecule has 58 valence electrons. The van der Waals surface area contributed by atoms with E-state index in [1.165, 1.54) is 14.0 Å². The monoisotopic (exact) mass is 144 g/mol. The minimum Gasteiger partial charge on any atom is -0.384 e. The predicted octanol–water partition coefficient (Wildman–Crippen LogP) is 0.571. The molecule has 0 aliphatic rings. The number of methoxy groups -OCH3 is 1. The zero-order valence-electron chi connectivity index (χ0n) is 6.35. The van der Waals surface area contributed by atoms with Crippen LogP contribution in [0, 0.1) is 0 Å². The molecule has 0 saturated carbocycles. The van der Waals surface area contributed by atoms with Crippen molar-refractivity contribution in [1.82, 2.24) is 0 Å². The molecule has 0 aliphatic heterocycles. The minimum atomic E-state index is -0.0823. The van der Waals surface area contributed by atoms with Gasteiger partial charge in [-0.05, 0) is 6.92 Å². The summed E-state index contributed by atoms with van der Waals surface area (Å²) >= 11 is 0. The van der Waals surface area contributed by atoms with Crippen molar-refractivity contribution >= 4 is 11.6 Å². The lowest BCUT2D eigenvalue weighted by atomic mass is 10.2. The summed E-state index contributed by atoms with van der Waals surface area (Å²) in [5, 5.41) is 0. The number of ketones is 2. The van der Waals surface area contributed by atoms with Crippen LogP contribution in [0.1, 0.15) is 19.8 Å². The lowest BCUT2D eigenvalue weighted by Gasteiger charge is -1.95. The van der Waals surface area contributed by atoms with E-state index in [1.807, 2.05) is 0 Å². The number of Topliss-reactive ketones (excluding diaryl/α,β-unsaturated/α-hetero) is 2. The van der Waals surface area contributed by atoms with Gasteiger partial charge in [0.25, 0.3) is 0 Å². The number of carbonyl (C=O) groups excluding carboxylic acids is 2. The summed E-state index contributed by atoms with van der Waals surface area (Å²) in [6, 6.07) is 0. The molecule has 0 radical (unpaired) electrons. The minimum absolute atomic E-state index is 0.0450. The molecule has 0 amide bonds. The third-order valence-corrected chi connectivity index (χ3v) is 1.03. The first-order chi connectivity index (χ1) is 4.66. The second-order valence-corrected chi connectivity index (χ2v) is 2.16. The topological polar surface area (TPSA) is 43.4 Å². The van der Waals surface area contributed by atoms with Gasteiger partial charge in [-0.15, -0.1) is 0 Å². The maximum absolute atomic E-state index is 10.7. The van der Waals surface area contributed by atoms with Crippen LogP contribution in [0.5, 0.6) is 0 Å². The van der Waals surface area contributed by atoms with Crippen LogP contribution >= 0.6 is 0 Å². The van der Waals surface area contributed by atoms with E-state index >= 15 is 0 Å². The molecule has 0 aromatic heterocycles. The van der Waals surface area contributed by atoms with E-state index in [-0.39, 0.29) is 18.0 Å². The van der Waals surface area contributed by atoms with E-state index in [4.69, 9.17) is 0 Å². The van der Waals surface area contributed by atoms with Crippen molar-refractivity contribution in [2.75, 3.05) is 13.7 Å². The first kappa shape index (κ1) is 9.30. The Morgan fingerprint density at radius 2 is 2.00 bits per heavy atom. The number of rotatable bonds is 5. The van der Waals surface area contributed by atoms with Gasteiger partial charge in [-0.3, -0.25) is 9.59 Å². The lowest BCUT2D eigenvalue weighted by molar-refractivity contribution is -0.126. The molecule has 10 heavy (non-hydrogen) atoms. The lowest BCUT2D eigenvalue weighted by Crippen LogP contribution is -2.06. The van der Waals surface area contributed by atoms with Gasteiger partial charge in [0.15, 0.2) is 0 Å². The van der Waals surface area contributed by atoms with Crippen molar-refractivity contribution in [3.63, 3.8) is 0 Å². The Morgan fingerprint density at radius 1 is 1.40 bits per heavy atom. The molecule has 0 aliphatic carbocycles. The van der Waals surface area contributed by atoms with E-state index in [0.29, 0.717) is 13.0 Å². The summed E-state index contributed by atoms with van der Waals surface area (Å²) in [6.45, 7) is 1.82. The highest BCUT2D eigenvalue weighted by molar-refractivity contribution is 5.97. The van der Waals surface area contributed by atoms with Crippen LogP contribution in [-0.2, 0) is 14.3 Å². The Morgan fingerprint density at radius 3 is 2.40 bits per heavy atom. The predicted molar refractivity (Wildman–Crippen MR) is 36.8 cm³/mol. The Kier molecular flexibility index (Phi) is 4.76.